The van der Waals surface area contributed by atoms with Crippen molar-refractivity contribution in [2.24, 2.45) is 0 Å². The van der Waals surface area contributed by atoms with Gasteiger partial charge in [0.15, 0.2) is 0 Å². The molecule has 7 heteroatoms. The van der Waals surface area contributed by atoms with Gasteiger partial charge in [0.1, 0.15) is 0 Å². The van der Waals surface area contributed by atoms with Crippen molar-refractivity contribution in [2.75, 3.05) is 38.2 Å². The zero-order valence-corrected chi connectivity index (χ0v) is 17.1. The smallest absolute Gasteiger partial charge is 0.230 e. The van der Waals surface area contributed by atoms with E-state index < -0.39 is 0 Å². The van der Waals surface area contributed by atoms with Crippen LogP contribution in [0.2, 0.25) is 0 Å². The van der Waals surface area contributed by atoms with Crippen molar-refractivity contribution >= 4 is 18.2 Å². The fourth-order valence-corrected chi connectivity index (χ4v) is 4.29. The first-order chi connectivity index (χ1) is 13.2. The van der Waals surface area contributed by atoms with E-state index in [1.54, 1.807) is 0 Å². The molecule has 2 aliphatic heterocycles. The zero-order chi connectivity index (χ0) is 18.8. The molecule has 2 aliphatic rings. The number of ether oxygens (including phenoxy) is 1. The van der Waals surface area contributed by atoms with E-state index in [2.05, 4.69) is 45.6 Å². The summed E-state index contributed by atoms with van der Waals surface area (Å²) >= 11 is 5.86. The van der Waals surface area contributed by atoms with Gasteiger partial charge in [-0.2, -0.15) is 0 Å². The summed E-state index contributed by atoms with van der Waals surface area (Å²) in [5, 5.41) is 4.95. The Bertz CT molecular complexity index is 814. The van der Waals surface area contributed by atoms with Crippen molar-refractivity contribution in [3.8, 4) is 5.69 Å². The molecule has 0 N–H and O–H groups in total. The predicted octanol–water partition coefficient (Wildman–Crippen LogP) is 3.38. The zero-order valence-electron chi connectivity index (χ0n) is 16.3. The first-order valence-corrected chi connectivity index (χ1v) is 10.3. The Kier molecular flexibility index (Phi) is 5.61. The van der Waals surface area contributed by atoms with E-state index >= 15 is 0 Å². The fourth-order valence-electron chi connectivity index (χ4n) is 4.01. The molecule has 6 nitrogen and oxygen atoms in total. The Morgan fingerprint density at radius 1 is 1.07 bits per heavy atom. The van der Waals surface area contributed by atoms with Gasteiger partial charge < -0.3 is 9.64 Å². The number of methoxy groups -OCH3 is 1. The SMILES string of the molecule is COC1CCN(Cn2nc(N3CCCC3)n(-c3ccc(C)cc3)c2=S)CC1. The van der Waals surface area contributed by atoms with Crippen LogP contribution in [0, 0.1) is 11.7 Å². The van der Waals surface area contributed by atoms with Crippen molar-refractivity contribution in [1.82, 2.24) is 19.2 Å². The molecule has 3 heterocycles. The summed E-state index contributed by atoms with van der Waals surface area (Å²) in [6.07, 6.45) is 4.97. The number of hydrogen-bond acceptors (Lipinski definition) is 5. The van der Waals surface area contributed by atoms with Crippen molar-refractivity contribution < 1.29 is 4.74 Å². The van der Waals surface area contributed by atoms with Crippen LogP contribution in [0.15, 0.2) is 24.3 Å². The number of likely N-dealkylation sites (tertiary alicyclic amines) is 1. The maximum Gasteiger partial charge on any atom is 0.230 e. The van der Waals surface area contributed by atoms with E-state index in [4.69, 9.17) is 22.1 Å². The van der Waals surface area contributed by atoms with Gasteiger partial charge in [0.25, 0.3) is 0 Å². The van der Waals surface area contributed by atoms with Gasteiger partial charge in [-0.25, -0.2) is 4.68 Å². The monoisotopic (exact) mass is 387 g/mol. The molecule has 0 amide bonds. The number of aryl methyl sites for hydroxylation is 1. The number of anilines is 1. The van der Waals surface area contributed by atoms with Crippen LogP contribution in [-0.2, 0) is 11.4 Å². The molecule has 27 heavy (non-hydrogen) atoms. The predicted molar refractivity (Wildman–Crippen MR) is 110 cm³/mol. The Morgan fingerprint density at radius 2 is 1.74 bits per heavy atom. The lowest BCUT2D eigenvalue weighted by Gasteiger charge is -2.30. The molecule has 0 saturated carbocycles. The van der Waals surface area contributed by atoms with E-state index in [1.807, 2.05) is 11.8 Å². The quantitative estimate of drug-likeness (QED) is 0.736. The first-order valence-electron chi connectivity index (χ1n) is 9.92. The van der Waals surface area contributed by atoms with Gasteiger partial charge in [-0.05, 0) is 57.0 Å². The van der Waals surface area contributed by atoms with Gasteiger partial charge in [-0.3, -0.25) is 9.47 Å². The third-order valence-electron chi connectivity index (χ3n) is 5.71. The van der Waals surface area contributed by atoms with Crippen LogP contribution >= 0.6 is 12.2 Å². The van der Waals surface area contributed by atoms with Crippen LogP contribution in [0.25, 0.3) is 5.69 Å². The maximum absolute atomic E-state index is 5.86. The highest BCUT2D eigenvalue weighted by Crippen LogP contribution is 2.24. The van der Waals surface area contributed by atoms with Crippen molar-refractivity contribution in [3.05, 3.63) is 34.6 Å². The second kappa shape index (κ2) is 8.12. The standard InChI is InChI=1S/C20H29N5OS/c1-16-5-7-17(8-6-16)25-19(23-11-3-4-12-23)21-24(20(25)27)15-22-13-9-18(26-2)10-14-22/h5-8,18H,3-4,9-15H2,1-2H3. The number of hydrogen-bond donors (Lipinski definition) is 0. The van der Waals surface area contributed by atoms with E-state index in [0.29, 0.717) is 6.10 Å². The minimum absolute atomic E-state index is 0.388. The molecular weight excluding hydrogens is 358 g/mol. The normalized spacial score (nSPS) is 19.1. The summed E-state index contributed by atoms with van der Waals surface area (Å²) in [4.78, 5) is 4.79. The van der Waals surface area contributed by atoms with Gasteiger partial charge >= 0.3 is 0 Å². The lowest BCUT2D eigenvalue weighted by molar-refractivity contribution is 0.0301. The highest BCUT2D eigenvalue weighted by Gasteiger charge is 2.24. The van der Waals surface area contributed by atoms with Crippen LogP contribution in [0.4, 0.5) is 5.95 Å². The minimum atomic E-state index is 0.388. The summed E-state index contributed by atoms with van der Waals surface area (Å²) in [5.74, 6) is 0.980. The van der Waals surface area contributed by atoms with Crippen LogP contribution in [-0.4, -0.2) is 58.6 Å². The van der Waals surface area contributed by atoms with Crippen molar-refractivity contribution in [2.45, 2.75) is 45.4 Å². The van der Waals surface area contributed by atoms with E-state index in [0.717, 1.165) is 62.1 Å². The lowest BCUT2D eigenvalue weighted by atomic mass is 10.1. The van der Waals surface area contributed by atoms with Gasteiger partial charge in [-0.1, -0.05) is 17.7 Å². The largest absolute Gasteiger partial charge is 0.381 e. The Hall–Kier alpha value is -1.70. The highest BCUT2D eigenvalue weighted by molar-refractivity contribution is 7.71. The van der Waals surface area contributed by atoms with Crippen molar-refractivity contribution in [1.29, 1.82) is 0 Å². The van der Waals surface area contributed by atoms with E-state index in [9.17, 15) is 0 Å². The number of piperidine rings is 1. The molecule has 2 aromatic rings. The molecule has 0 spiro atoms. The fraction of sp³-hybridized carbons (Fsp3) is 0.600. The first kappa shape index (κ1) is 18.7. The average molecular weight is 388 g/mol. The Morgan fingerprint density at radius 3 is 2.37 bits per heavy atom. The number of nitrogens with zero attached hydrogens (tertiary/aromatic N) is 5. The van der Waals surface area contributed by atoms with Gasteiger partial charge in [0, 0.05) is 33.3 Å². The molecule has 0 atom stereocenters. The molecule has 1 aromatic heterocycles. The summed E-state index contributed by atoms with van der Waals surface area (Å²) in [6.45, 7) is 7.01. The Balaban J connectivity index is 1.63. The molecule has 0 radical (unpaired) electrons. The molecule has 0 aliphatic carbocycles. The average Bonchev–Trinajstić information content (AvgIpc) is 3.32. The molecule has 146 valence electrons. The van der Waals surface area contributed by atoms with Gasteiger partial charge in [0.05, 0.1) is 18.5 Å². The summed E-state index contributed by atoms with van der Waals surface area (Å²) < 4.78 is 10.4. The van der Waals surface area contributed by atoms with Crippen LogP contribution < -0.4 is 4.90 Å². The van der Waals surface area contributed by atoms with E-state index in [1.165, 1.54) is 18.4 Å². The maximum atomic E-state index is 5.86. The third kappa shape index (κ3) is 3.95. The number of benzene rings is 1. The molecule has 4 rings (SSSR count). The second-order valence-electron chi connectivity index (χ2n) is 7.64. The minimum Gasteiger partial charge on any atom is -0.381 e. The molecule has 2 fully saturated rings. The second-order valence-corrected chi connectivity index (χ2v) is 8.01. The van der Waals surface area contributed by atoms with Crippen molar-refractivity contribution in [3.63, 3.8) is 0 Å². The van der Waals surface area contributed by atoms with Crippen LogP contribution in [0.3, 0.4) is 0 Å². The molecular formula is C20H29N5OS. The Labute approximate surface area is 166 Å². The molecule has 0 bridgehead atoms. The third-order valence-corrected chi connectivity index (χ3v) is 6.10. The molecule has 2 saturated heterocycles. The summed E-state index contributed by atoms with van der Waals surface area (Å²) in [6, 6.07) is 8.55. The van der Waals surface area contributed by atoms with Crippen LogP contribution in [0.1, 0.15) is 31.2 Å². The lowest BCUT2D eigenvalue weighted by Crippen LogP contribution is -2.38. The van der Waals surface area contributed by atoms with Gasteiger partial charge in [-0.15, -0.1) is 5.10 Å². The highest BCUT2D eigenvalue weighted by atomic mass is 32.1. The van der Waals surface area contributed by atoms with Crippen LogP contribution in [0.5, 0.6) is 0 Å². The van der Waals surface area contributed by atoms with E-state index in [-0.39, 0.29) is 0 Å². The molecule has 0 unspecified atom stereocenters. The number of rotatable bonds is 5. The molecule has 1 aromatic carbocycles. The number of aromatic nitrogens is 3. The summed E-state index contributed by atoms with van der Waals surface area (Å²) in [5.41, 5.74) is 2.35. The summed E-state index contributed by atoms with van der Waals surface area (Å²) in [7, 11) is 1.81. The topological polar surface area (TPSA) is 38.5 Å². The van der Waals surface area contributed by atoms with Gasteiger partial charge in [0.2, 0.25) is 10.7 Å².